The molecule has 2 bridgehead atoms. The number of rotatable bonds is 5. The number of amides is 1. The van der Waals surface area contributed by atoms with Gasteiger partial charge in [-0.1, -0.05) is 18.5 Å². The molecule has 1 aliphatic carbocycles. The Kier molecular flexibility index (Phi) is 5.09. The van der Waals surface area contributed by atoms with Crippen LogP contribution in [0.25, 0.3) is 5.69 Å². The van der Waals surface area contributed by atoms with Crippen LogP contribution in [-0.4, -0.2) is 54.5 Å². The first-order chi connectivity index (χ1) is 15.0. The van der Waals surface area contributed by atoms with Gasteiger partial charge in [0.05, 0.1) is 23.5 Å². The maximum absolute atomic E-state index is 13.8. The third-order valence-corrected chi connectivity index (χ3v) is 6.66. The Labute approximate surface area is 185 Å². The second-order valence-electron chi connectivity index (χ2n) is 8.29. The van der Waals surface area contributed by atoms with Crippen molar-refractivity contribution in [3.8, 4) is 11.6 Å². The van der Waals surface area contributed by atoms with Gasteiger partial charge in [0.2, 0.25) is 5.88 Å². The van der Waals surface area contributed by atoms with Gasteiger partial charge in [-0.15, -0.1) is 4.80 Å². The standard InChI is InChI=1S/C22H23ClN6O2/c1-13-3-5-18(29-25-7-8-26-29)21(27-13)22(30)28-17-9-15(10-17)14(2)19(28)12-31-20-6-4-16(23)11-24-20/h3-8,11,14-15,17,19H,9-10,12H2,1-2H3/t14-,15?,17?,19?/m0/s1. The van der Waals surface area contributed by atoms with Crippen molar-refractivity contribution in [1.29, 1.82) is 0 Å². The highest BCUT2D eigenvalue weighted by atomic mass is 35.5. The van der Waals surface area contributed by atoms with Crippen LogP contribution in [0.15, 0.2) is 42.9 Å². The van der Waals surface area contributed by atoms with Gasteiger partial charge in [0, 0.05) is 24.0 Å². The lowest BCUT2D eigenvalue weighted by molar-refractivity contribution is -0.0677. The number of aromatic nitrogens is 5. The smallest absolute Gasteiger partial charge is 0.275 e. The van der Waals surface area contributed by atoms with Gasteiger partial charge < -0.3 is 9.64 Å². The molecule has 0 spiro atoms. The Morgan fingerprint density at radius 3 is 2.68 bits per heavy atom. The maximum atomic E-state index is 13.8. The van der Waals surface area contributed by atoms with Gasteiger partial charge in [0.1, 0.15) is 12.3 Å². The molecule has 3 aromatic heterocycles. The molecule has 2 atom stereocenters. The fourth-order valence-corrected chi connectivity index (χ4v) is 4.73. The van der Waals surface area contributed by atoms with Crippen molar-refractivity contribution in [2.45, 2.75) is 38.8 Å². The maximum Gasteiger partial charge on any atom is 0.275 e. The summed E-state index contributed by atoms with van der Waals surface area (Å²) in [6, 6.07) is 7.32. The summed E-state index contributed by atoms with van der Waals surface area (Å²) in [4.78, 5) is 26.0. The second kappa shape index (κ2) is 7.92. The summed E-state index contributed by atoms with van der Waals surface area (Å²) < 4.78 is 5.97. The highest BCUT2D eigenvalue weighted by Gasteiger charge is 2.51. The predicted octanol–water partition coefficient (Wildman–Crippen LogP) is 3.34. The van der Waals surface area contributed by atoms with Crippen molar-refractivity contribution in [2.75, 3.05) is 6.61 Å². The van der Waals surface area contributed by atoms with Gasteiger partial charge >= 0.3 is 0 Å². The van der Waals surface area contributed by atoms with Gasteiger partial charge in [0.25, 0.3) is 5.91 Å². The van der Waals surface area contributed by atoms with Crippen molar-refractivity contribution in [3.05, 3.63) is 59.3 Å². The zero-order valence-electron chi connectivity index (χ0n) is 17.3. The number of nitrogens with zero attached hydrogens (tertiary/aromatic N) is 6. The number of carbonyl (C=O) groups is 1. The Morgan fingerprint density at radius 2 is 1.97 bits per heavy atom. The summed E-state index contributed by atoms with van der Waals surface area (Å²) >= 11 is 5.92. The lowest BCUT2D eigenvalue weighted by atomic mass is 9.64. The second-order valence-corrected chi connectivity index (χ2v) is 8.73. The molecule has 3 aromatic rings. The molecule has 0 aromatic carbocycles. The number of ether oxygens (including phenoxy) is 1. The van der Waals surface area contributed by atoms with Gasteiger partial charge in [-0.25, -0.2) is 9.97 Å². The molecule has 3 fully saturated rings. The minimum absolute atomic E-state index is 0.0665. The van der Waals surface area contributed by atoms with Crippen LogP contribution < -0.4 is 4.74 Å². The van der Waals surface area contributed by atoms with Gasteiger partial charge in [-0.2, -0.15) is 10.2 Å². The van der Waals surface area contributed by atoms with Crippen LogP contribution in [-0.2, 0) is 0 Å². The van der Waals surface area contributed by atoms with Crippen molar-refractivity contribution >= 4 is 17.5 Å². The molecule has 5 heterocycles. The first-order valence-corrected chi connectivity index (χ1v) is 10.8. The summed E-state index contributed by atoms with van der Waals surface area (Å²) in [6.45, 7) is 4.45. The molecule has 6 rings (SSSR count). The number of pyridine rings is 2. The summed E-state index contributed by atoms with van der Waals surface area (Å²) in [5.41, 5.74) is 1.71. The zero-order valence-corrected chi connectivity index (χ0v) is 18.1. The Hall–Kier alpha value is -3.00. The number of carbonyl (C=O) groups excluding carboxylic acids is 1. The molecule has 31 heavy (non-hydrogen) atoms. The largest absolute Gasteiger partial charge is 0.475 e. The molecular formula is C22H23ClN6O2. The van der Waals surface area contributed by atoms with E-state index in [1.54, 1.807) is 30.7 Å². The van der Waals surface area contributed by atoms with Crippen molar-refractivity contribution in [2.24, 2.45) is 11.8 Å². The van der Waals surface area contributed by atoms with E-state index in [1.165, 1.54) is 4.80 Å². The number of hydrogen-bond donors (Lipinski definition) is 0. The molecule has 9 heteroatoms. The molecule has 0 N–H and O–H groups in total. The molecule has 1 saturated carbocycles. The fraction of sp³-hybridized carbons (Fsp3) is 0.409. The molecular weight excluding hydrogens is 416 g/mol. The van der Waals surface area contributed by atoms with Crippen LogP contribution in [0.4, 0.5) is 0 Å². The van der Waals surface area contributed by atoms with Crippen LogP contribution in [0.2, 0.25) is 5.02 Å². The molecule has 3 aliphatic rings. The Balaban J connectivity index is 1.45. The van der Waals surface area contributed by atoms with Gasteiger partial charge in [-0.3, -0.25) is 4.79 Å². The monoisotopic (exact) mass is 438 g/mol. The minimum Gasteiger partial charge on any atom is -0.475 e. The third-order valence-electron chi connectivity index (χ3n) is 6.44. The predicted molar refractivity (Wildman–Crippen MR) is 114 cm³/mol. The first kappa shape index (κ1) is 19.9. The molecule has 0 radical (unpaired) electrons. The summed E-state index contributed by atoms with van der Waals surface area (Å²) in [7, 11) is 0. The number of halogens is 1. The van der Waals surface area contributed by atoms with E-state index in [-0.39, 0.29) is 18.0 Å². The van der Waals surface area contributed by atoms with E-state index in [0.29, 0.717) is 40.7 Å². The first-order valence-electron chi connectivity index (χ1n) is 10.4. The lowest BCUT2D eigenvalue weighted by Crippen LogP contribution is -2.64. The highest BCUT2D eigenvalue weighted by molar-refractivity contribution is 6.30. The van der Waals surface area contributed by atoms with Crippen LogP contribution in [0.3, 0.4) is 0 Å². The fourth-order valence-electron chi connectivity index (χ4n) is 4.62. The number of fused-ring (bicyclic) bond motifs is 2. The SMILES string of the molecule is Cc1ccc(-n2nccn2)c(C(=O)N2C3CC(C3)[C@H](C)C2COc2ccc(Cl)cn2)n1. The minimum atomic E-state index is -0.108. The third kappa shape index (κ3) is 3.65. The molecule has 2 aliphatic heterocycles. The van der Waals surface area contributed by atoms with Crippen molar-refractivity contribution in [1.82, 2.24) is 29.9 Å². The number of piperidine rings is 2. The Bertz CT molecular complexity index is 1080. The number of hydrogen-bond acceptors (Lipinski definition) is 6. The molecule has 160 valence electrons. The van der Waals surface area contributed by atoms with Crippen LogP contribution >= 0.6 is 11.6 Å². The normalized spacial score (nSPS) is 24.5. The van der Waals surface area contributed by atoms with E-state index in [0.717, 1.165) is 18.5 Å². The van der Waals surface area contributed by atoms with Crippen LogP contribution in [0.1, 0.15) is 35.9 Å². The van der Waals surface area contributed by atoms with E-state index in [9.17, 15) is 4.79 Å². The lowest BCUT2D eigenvalue weighted by Gasteiger charge is -2.57. The van der Waals surface area contributed by atoms with Crippen molar-refractivity contribution < 1.29 is 9.53 Å². The van der Waals surface area contributed by atoms with Crippen LogP contribution in [0, 0.1) is 18.8 Å². The van der Waals surface area contributed by atoms with E-state index in [4.69, 9.17) is 16.3 Å². The van der Waals surface area contributed by atoms with E-state index >= 15 is 0 Å². The van der Waals surface area contributed by atoms with Crippen molar-refractivity contribution in [3.63, 3.8) is 0 Å². The highest BCUT2D eigenvalue weighted by Crippen LogP contribution is 2.47. The summed E-state index contributed by atoms with van der Waals surface area (Å²) in [5.74, 6) is 1.32. The van der Waals surface area contributed by atoms with Gasteiger partial charge in [-0.05, 0) is 49.8 Å². The molecule has 2 saturated heterocycles. The van der Waals surface area contributed by atoms with E-state index in [1.807, 2.05) is 24.0 Å². The average molecular weight is 439 g/mol. The van der Waals surface area contributed by atoms with E-state index < -0.39 is 0 Å². The summed E-state index contributed by atoms with van der Waals surface area (Å²) in [5, 5.41) is 8.96. The topological polar surface area (TPSA) is 86.0 Å². The number of aryl methyl sites for hydroxylation is 1. The molecule has 8 nitrogen and oxygen atoms in total. The quantitative estimate of drug-likeness (QED) is 0.607. The van der Waals surface area contributed by atoms with E-state index in [2.05, 4.69) is 27.1 Å². The van der Waals surface area contributed by atoms with Crippen LogP contribution in [0.5, 0.6) is 5.88 Å². The Morgan fingerprint density at radius 1 is 1.19 bits per heavy atom. The molecule has 1 unspecified atom stereocenters. The molecule has 1 amide bonds. The summed E-state index contributed by atoms with van der Waals surface area (Å²) in [6.07, 6.45) is 6.77. The zero-order chi connectivity index (χ0) is 21.5. The van der Waals surface area contributed by atoms with Gasteiger partial charge in [0.15, 0.2) is 5.69 Å². The average Bonchev–Trinajstić information content (AvgIpc) is 3.27.